The maximum absolute atomic E-state index is 10.1. The Morgan fingerprint density at radius 1 is 1.00 bits per heavy atom. The maximum atomic E-state index is 10.1. The van der Waals surface area contributed by atoms with Crippen molar-refractivity contribution in [3.63, 3.8) is 0 Å². The van der Waals surface area contributed by atoms with Gasteiger partial charge in [-0.1, -0.05) is 43.2 Å². The highest BCUT2D eigenvalue weighted by Gasteiger charge is 2.14. The minimum Gasteiger partial charge on any atom is -0.387 e. The molecule has 1 saturated heterocycles. The molecule has 1 aliphatic rings. The molecule has 1 N–H and O–H groups in total. The second-order valence-electron chi connectivity index (χ2n) is 4.64. The molecule has 1 aliphatic heterocycles. The number of hydrogen-bond acceptors (Lipinski definition) is 2. The molecule has 0 aliphatic carbocycles. The van der Waals surface area contributed by atoms with Crippen LogP contribution in [0.4, 0.5) is 0 Å². The number of benzene rings is 1. The molecular weight excluding hydrogens is 198 g/mol. The number of rotatable bonds is 3. The van der Waals surface area contributed by atoms with Crippen molar-refractivity contribution in [1.82, 2.24) is 4.90 Å². The molecule has 88 valence electrons. The number of likely N-dealkylation sites (tertiary alicyclic amines) is 1. The van der Waals surface area contributed by atoms with E-state index in [0.29, 0.717) is 0 Å². The van der Waals surface area contributed by atoms with Crippen LogP contribution in [-0.2, 0) is 0 Å². The molecular formula is C14H21NO. The Labute approximate surface area is 97.9 Å². The van der Waals surface area contributed by atoms with E-state index in [4.69, 9.17) is 0 Å². The lowest BCUT2D eigenvalue weighted by Crippen LogP contribution is -2.29. The van der Waals surface area contributed by atoms with Crippen LogP contribution >= 0.6 is 0 Å². The van der Waals surface area contributed by atoms with Crippen molar-refractivity contribution >= 4 is 0 Å². The lowest BCUT2D eigenvalue weighted by atomic mass is 10.1. The molecule has 0 amide bonds. The van der Waals surface area contributed by atoms with Gasteiger partial charge in [-0.25, -0.2) is 0 Å². The first-order valence-corrected chi connectivity index (χ1v) is 6.31. The minimum atomic E-state index is -0.334. The Morgan fingerprint density at radius 2 is 1.62 bits per heavy atom. The van der Waals surface area contributed by atoms with E-state index in [1.807, 2.05) is 30.3 Å². The van der Waals surface area contributed by atoms with E-state index in [2.05, 4.69) is 4.90 Å². The first kappa shape index (κ1) is 11.6. The van der Waals surface area contributed by atoms with Crippen LogP contribution in [0.5, 0.6) is 0 Å². The summed E-state index contributed by atoms with van der Waals surface area (Å²) in [5.74, 6) is 0. The van der Waals surface area contributed by atoms with Crippen LogP contribution < -0.4 is 0 Å². The van der Waals surface area contributed by atoms with Crippen molar-refractivity contribution in [1.29, 1.82) is 0 Å². The topological polar surface area (TPSA) is 23.5 Å². The van der Waals surface area contributed by atoms with Gasteiger partial charge in [0.1, 0.15) is 0 Å². The molecule has 1 heterocycles. The van der Waals surface area contributed by atoms with E-state index < -0.39 is 0 Å². The Kier molecular flexibility index (Phi) is 4.37. The molecule has 0 aromatic heterocycles. The molecule has 0 unspecified atom stereocenters. The molecule has 2 heteroatoms. The molecule has 0 spiro atoms. The van der Waals surface area contributed by atoms with E-state index in [1.54, 1.807) is 0 Å². The van der Waals surface area contributed by atoms with Gasteiger partial charge >= 0.3 is 0 Å². The van der Waals surface area contributed by atoms with Crippen molar-refractivity contribution in [2.75, 3.05) is 19.6 Å². The van der Waals surface area contributed by atoms with Gasteiger partial charge in [0.25, 0.3) is 0 Å². The highest BCUT2D eigenvalue weighted by molar-refractivity contribution is 5.17. The van der Waals surface area contributed by atoms with Crippen molar-refractivity contribution in [2.24, 2.45) is 0 Å². The lowest BCUT2D eigenvalue weighted by Gasteiger charge is -2.23. The quantitative estimate of drug-likeness (QED) is 0.844. The molecule has 0 saturated carbocycles. The lowest BCUT2D eigenvalue weighted by molar-refractivity contribution is 0.115. The van der Waals surface area contributed by atoms with E-state index in [-0.39, 0.29) is 6.10 Å². The Morgan fingerprint density at radius 3 is 2.25 bits per heavy atom. The number of aliphatic hydroxyl groups excluding tert-OH is 1. The summed E-state index contributed by atoms with van der Waals surface area (Å²) in [5, 5.41) is 10.1. The van der Waals surface area contributed by atoms with Gasteiger partial charge in [0.05, 0.1) is 6.10 Å². The molecule has 16 heavy (non-hydrogen) atoms. The Balaban J connectivity index is 1.88. The third kappa shape index (κ3) is 3.32. The standard InChI is InChI=1S/C14H21NO/c16-14(13-8-4-3-5-9-13)12-15-10-6-1-2-7-11-15/h3-5,8-9,14,16H,1-2,6-7,10-12H2/t14-/m0/s1. The van der Waals surface area contributed by atoms with Crippen LogP contribution in [0.1, 0.15) is 37.4 Å². The fourth-order valence-corrected chi connectivity index (χ4v) is 2.34. The molecule has 2 nitrogen and oxygen atoms in total. The van der Waals surface area contributed by atoms with Gasteiger partial charge in [0.15, 0.2) is 0 Å². The van der Waals surface area contributed by atoms with Crippen LogP contribution in [0.3, 0.4) is 0 Å². The van der Waals surface area contributed by atoms with Crippen molar-refractivity contribution in [3.05, 3.63) is 35.9 Å². The fraction of sp³-hybridized carbons (Fsp3) is 0.571. The summed E-state index contributed by atoms with van der Waals surface area (Å²) >= 11 is 0. The minimum absolute atomic E-state index is 0.334. The van der Waals surface area contributed by atoms with E-state index in [0.717, 1.165) is 25.2 Å². The summed E-state index contributed by atoms with van der Waals surface area (Å²) in [4.78, 5) is 2.39. The van der Waals surface area contributed by atoms with E-state index >= 15 is 0 Å². The molecule has 0 radical (unpaired) electrons. The average Bonchev–Trinajstić information content (AvgIpc) is 2.59. The van der Waals surface area contributed by atoms with Crippen LogP contribution in [0.25, 0.3) is 0 Å². The smallest absolute Gasteiger partial charge is 0.0916 e. The number of β-amino-alcohol motifs (C(OH)–C–C–N with tert-alkyl or cyclic N) is 1. The van der Waals surface area contributed by atoms with Crippen molar-refractivity contribution < 1.29 is 5.11 Å². The van der Waals surface area contributed by atoms with Gasteiger partial charge in [0, 0.05) is 6.54 Å². The van der Waals surface area contributed by atoms with E-state index in [1.165, 1.54) is 25.7 Å². The molecule has 1 aromatic carbocycles. The van der Waals surface area contributed by atoms with E-state index in [9.17, 15) is 5.11 Å². The normalized spacial score (nSPS) is 20.3. The summed E-state index contributed by atoms with van der Waals surface area (Å²) in [6, 6.07) is 9.97. The molecule has 1 atom stereocenters. The predicted octanol–water partition coefficient (Wildman–Crippen LogP) is 2.60. The summed E-state index contributed by atoms with van der Waals surface area (Å²) in [6.07, 6.45) is 4.91. The maximum Gasteiger partial charge on any atom is 0.0916 e. The number of hydrogen-bond donors (Lipinski definition) is 1. The highest BCUT2D eigenvalue weighted by Crippen LogP contribution is 2.16. The monoisotopic (exact) mass is 219 g/mol. The van der Waals surface area contributed by atoms with Crippen LogP contribution in [0.2, 0.25) is 0 Å². The summed E-state index contributed by atoms with van der Waals surface area (Å²) in [6.45, 7) is 3.07. The zero-order chi connectivity index (χ0) is 11.2. The summed E-state index contributed by atoms with van der Waals surface area (Å²) in [5.41, 5.74) is 1.03. The van der Waals surface area contributed by atoms with Gasteiger partial charge < -0.3 is 10.0 Å². The fourth-order valence-electron chi connectivity index (χ4n) is 2.34. The zero-order valence-corrected chi connectivity index (χ0v) is 9.81. The molecule has 2 rings (SSSR count). The highest BCUT2D eigenvalue weighted by atomic mass is 16.3. The van der Waals surface area contributed by atoms with Crippen molar-refractivity contribution in [3.8, 4) is 0 Å². The first-order valence-electron chi connectivity index (χ1n) is 6.31. The van der Waals surface area contributed by atoms with Crippen LogP contribution in [-0.4, -0.2) is 29.6 Å². The molecule has 1 fully saturated rings. The second kappa shape index (κ2) is 6.02. The second-order valence-corrected chi connectivity index (χ2v) is 4.64. The zero-order valence-electron chi connectivity index (χ0n) is 9.81. The summed E-state index contributed by atoms with van der Waals surface area (Å²) < 4.78 is 0. The van der Waals surface area contributed by atoms with Gasteiger partial charge in [-0.05, 0) is 31.5 Å². The van der Waals surface area contributed by atoms with Gasteiger partial charge in [-0.15, -0.1) is 0 Å². The third-order valence-electron chi connectivity index (χ3n) is 3.31. The number of nitrogens with zero attached hydrogens (tertiary/aromatic N) is 1. The third-order valence-corrected chi connectivity index (χ3v) is 3.31. The largest absolute Gasteiger partial charge is 0.387 e. The van der Waals surface area contributed by atoms with Crippen LogP contribution in [0.15, 0.2) is 30.3 Å². The number of aliphatic hydroxyl groups is 1. The molecule has 1 aromatic rings. The Bertz CT molecular complexity index is 291. The van der Waals surface area contributed by atoms with Crippen molar-refractivity contribution in [2.45, 2.75) is 31.8 Å². The summed E-state index contributed by atoms with van der Waals surface area (Å²) in [7, 11) is 0. The molecule has 0 bridgehead atoms. The van der Waals surface area contributed by atoms with Crippen LogP contribution in [0, 0.1) is 0 Å². The average molecular weight is 219 g/mol. The van der Waals surface area contributed by atoms with Gasteiger partial charge in [-0.2, -0.15) is 0 Å². The van der Waals surface area contributed by atoms with Gasteiger partial charge in [-0.3, -0.25) is 0 Å². The predicted molar refractivity (Wildman–Crippen MR) is 66.3 cm³/mol. The van der Waals surface area contributed by atoms with Gasteiger partial charge in [0.2, 0.25) is 0 Å². The Hall–Kier alpha value is -0.860. The first-order chi connectivity index (χ1) is 7.86. The SMILES string of the molecule is O[C@@H](CN1CCCCCC1)c1ccccc1.